The summed E-state index contributed by atoms with van der Waals surface area (Å²) < 4.78 is 5.44. The Kier molecular flexibility index (Phi) is 4.95. The number of carbonyl (C=O) groups excluding carboxylic acids is 1. The predicted octanol–water partition coefficient (Wildman–Crippen LogP) is 3.07. The van der Waals surface area contributed by atoms with Gasteiger partial charge in [0.2, 0.25) is 0 Å². The van der Waals surface area contributed by atoms with Crippen LogP contribution in [0.25, 0.3) is 0 Å². The lowest BCUT2D eigenvalue weighted by atomic mass is 10.1. The van der Waals surface area contributed by atoms with E-state index in [0.29, 0.717) is 11.4 Å². The van der Waals surface area contributed by atoms with Crippen molar-refractivity contribution >= 4 is 11.6 Å². The Morgan fingerprint density at radius 3 is 2.71 bits per heavy atom. The maximum absolute atomic E-state index is 11.9. The second kappa shape index (κ2) is 6.90. The minimum Gasteiger partial charge on any atom is -0.484 e. The summed E-state index contributed by atoms with van der Waals surface area (Å²) in [6.07, 6.45) is -0.564. The minimum absolute atomic E-state index is 0.0532. The number of rotatable bonds is 5. The number of amides is 1. The van der Waals surface area contributed by atoms with Crippen molar-refractivity contribution in [1.29, 1.82) is 0 Å². The molecule has 0 saturated carbocycles. The summed E-state index contributed by atoms with van der Waals surface area (Å²) in [5, 5.41) is 12.3. The van der Waals surface area contributed by atoms with Gasteiger partial charge in [-0.2, -0.15) is 0 Å². The molecule has 0 unspecified atom stereocenters. The highest BCUT2D eigenvalue weighted by molar-refractivity contribution is 5.91. The van der Waals surface area contributed by atoms with E-state index in [0.717, 1.165) is 11.1 Å². The molecule has 0 bridgehead atoms. The van der Waals surface area contributed by atoms with Gasteiger partial charge in [-0.25, -0.2) is 0 Å². The normalized spacial score (nSPS) is 11.8. The summed E-state index contributed by atoms with van der Waals surface area (Å²) >= 11 is 0. The molecule has 0 aliphatic rings. The Hall–Kier alpha value is -2.33. The first-order valence-electron chi connectivity index (χ1n) is 6.82. The predicted molar refractivity (Wildman–Crippen MR) is 82.4 cm³/mol. The molecular weight excluding hydrogens is 266 g/mol. The molecule has 4 nitrogen and oxygen atoms in total. The van der Waals surface area contributed by atoms with Crippen LogP contribution in [0.2, 0.25) is 0 Å². The van der Waals surface area contributed by atoms with Crippen molar-refractivity contribution in [3.8, 4) is 5.75 Å². The number of nitrogens with one attached hydrogen (secondary N) is 1. The maximum atomic E-state index is 11.9. The van der Waals surface area contributed by atoms with Crippen LogP contribution < -0.4 is 10.1 Å². The average molecular weight is 285 g/mol. The van der Waals surface area contributed by atoms with E-state index >= 15 is 0 Å². The number of carbonyl (C=O) groups is 1. The molecule has 0 heterocycles. The van der Waals surface area contributed by atoms with Gasteiger partial charge >= 0.3 is 0 Å². The fraction of sp³-hybridized carbons (Fsp3) is 0.235. The topological polar surface area (TPSA) is 58.6 Å². The third-order valence-corrected chi connectivity index (χ3v) is 3.01. The van der Waals surface area contributed by atoms with Gasteiger partial charge in [0, 0.05) is 5.69 Å². The number of anilines is 1. The Labute approximate surface area is 124 Å². The van der Waals surface area contributed by atoms with Gasteiger partial charge in [0.15, 0.2) is 6.61 Å². The molecule has 2 aromatic carbocycles. The molecular formula is C17H19NO3. The van der Waals surface area contributed by atoms with Gasteiger partial charge in [-0.15, -0.1) is 0 Å². The number of aryl methyl sites for hydroxylation is 1. The fourth-order valence-corrected chi connectivity index (χ4v) is 1.93. The lowest BCUT2D eigenvalue weighted by Crippen LogP contribution is -2.20. The highest BCUT2D eigenvalue weighted by atomic mass is 16.5. The largest absolute Gasteiger partial charge is 0.484 e. The van der Waals surface area contributed by atoms with Crippen molar-refractivity contribution in [2.45, 2.75) is 20.0 Å². The lowest BCUT2D eigenvalue weighted by molar-refractivity contribution is -0.118. The van der Waals surface area contributed by atoms with Crippen molar-refractivity contribution in [3.05, 3.63) is 59.7 Å². The van der Waals surface area contributed by atoms with Crippen molar-refractivity contribution in [2.24, 2.45) is 0 Å². The molecule has 0 spiro atoms. The number of ether oxygens (including phenoxy) is 1. The lowest BCUT2D eigenvalue weighted by Gasteiger charge is -2.10. The second-order valence-corrected chi connectivity index (χ2v) is 4.95. The molecule has 21 heavy (non-hydrogen) atoms. The number of aliphatic hydroxyl groups is 1. The molecule has 110 valence electrons. The monoisotopic (exact) mass is 285 g/mol. The Morgan fingerprint density at radius 1 is 1.24 bits per heavy atom. The summed E-state index contributed by atoms with van der Waals surface area (Å²) in [6, 6.07) is 14.7. The molecule has 0 aliphatic heterocycles. The van der Waals surface area contributed by atoms with E-state index in [9.17, 15) is 9.90 Å². The van der Waals surface area contributed by atoms with Crippen LogP contribution in [0.15, 0.2) is 48.5 Å². The Morgan fingerprint density at radius 2 is 2.00 bits per heavy atom. The minimum atomic E-state index is -0.564. The van der Waals surface area contributed by atoms with Gasteiger partial charge in [-0.1, -0.05) is 24.3 Å². The van der Waals surface area contributed by atoms with Gasteiger partial charge in [0.05, 0.1) is 6.10 Å². The van der Waals surface area contributed by atoms with Crippen molar-refractivity contribution in [2.75, 3.05) is 11.9 Å². The first kappa shape index (κ1) is 15.1. The highest BCUT2D eigenvalue weighted by Crippen LogP contribution is 2.17. The van der Waals surface area contributed by atoms with Crippen LogP contribution in [-0.4, -0.2) is 17.6 Å². The van der Waals surface area contributed by atoms with E-state index in [1.807, 2.05) is 37.3 Å². The van der Waals surface area contributed by atoms with Crippen LogP contribution in [0.1, 0.15) is 24.2 Å². The molecule has 0 saturated heterocycles. The van der Waals surface area contributed by atoms with Crippen molar-refractivity contribution in [1.82, 2.24) is 0 Å². The van der Waals surface area contributed by atoms with Crippen LogP contribution >= 0.6 is 0 Å². The molecule has 0 radical (unpaired) electrons. The fourth-order valence-electron chi connectivity index (χ4n) is 1.93. The molecule has 2 rings (SSSR count). The van der Waals surface area contributed by atoms with Crippen LogP contribution in [0, 0.1) is 6.92 Å². The van der Waals surface area contributed by atoms with Gasteiger partial charge in [0.25, 0.3) is 5.91 Å². The molecule has 0 fully saturated rings. The summed E-state index contributed by atoms with van der Waals surface area (Å²) in [4.78, 5) is 11.9. The van der Waals surface area contributed by atoms with Gasteiger partial charge < -0.3 is 15.2 Å². The first-order chi connectivity index (χ1) is 10.0. The van der Waals surface area contributed by atoms with E-state index in [4.69, 9.17) is 4.74 Å². The van der Waals surface area contributed by atoms with Gasteiger partial charge in [-0.3, -0.25) is 4.79 Å². The molecule has 1 atom stereocenters. The third kappa shape index (κ3) is 4.61. The summed E-state index contributed by atoms with van der Waals surface area (Å²) in [5.41, 5.74) is 2.48. The van der Waals surface area contributed by atoms with Crippen molar-refractivity contribution in [3.63, 3.8) is 0 Å². The van der Waals surface area contributed by atoms with Crippen molar-refractivity contribution < 1.29 is 14.6 Å². The molecule has 0 aromatic heterocycles. The van der Waals surface area contributed by atoms with Crippen LogP contribution in [-0.2, 0) is 4.79 Å². The summed E-state index contributed by atoms with van der Waals surface area (Å²) in [5.74, 6) is 0.433. The third-order valence-electron chi connectivity index (χ3n) is 3.01. The van der Waals surface area contributed by atoms with E-state index in [-0.39, 0.29) is 12.5 Å². The highest BCUT2D eigenvalue weighted by Gasteiger charge is 2.06. The van der Waals surface area contributed by atoms with Gasteiger partial charge in [-0.05, 0) is 49.2 Å². The SMILES string of the molecule is Cc1cccc(OCC(=O)Nc2cccc([C@H](C)O)c2)c1. The number of hydrogen-bond acceptors (Lipinski definition) is 3. The summed E-state index contributed by atoms with van der Waals surface area (Å²) in [7, 11) is 0. The van der Waals surface area contributed by atoms with E-state index in [1.165, 1.54) is 0 Å². The van der Waals surface area contributed by atoms with E-state index in [1.54, 1.807) is 25.1 Å². The quantitative estimate of drug-likeness (QED) is 0.887. The van der Waals surface area contributed by atoms with E-state index in [2.05, 4.69) is 5.32 Å². The first-order valence-corrected chi connectivity index (χ1v) is 6.82. The van der Waals surface area contributed by atoms with Crippen LogP contribution in [0.4, 0.5) is 5.69 Å². The van der Waals surface area contributed by atoms with Crippen LogP contribution in [0.3, 0.4) is 0 Å². The zero-order valence-corrected chi connectivity index (χ0v) is 12.2. The zero-order chi connectivity index (χ0) is 15.2. The van der Waals surface area contributed by atoms with Crippen LogP contribution in [0.5, 0.6) is 5.75 Å². The standard InChI is InChI=1S/C17H19NO3/c1-12-5-3-8-16(9-12)21-11-17(20)18-15-7-4-6-14(10-15)13(2)19/h3-10,13,19H,11H2,1-2H3,(H,18,20)/t13-/m0/s1. The smallest absolute Gasteiger partial charge is 0.262 e. The molecule has 4 heteroatoms. The second-order valence-electron chi connectivity index (χ2n) is 4.95. The number of benzene rings is 2. The van der Waals surface area contributed by atoms with Gasteiger partial charge in [0.1, 0.15) is 5.75 Å². The molecule has 1 amide bonds. The average Bonchev–Trinajstić information content (AvgIpc) is 2.45. The zero-order valence-electron chi connectivity index (χ0n) is 12.2. The Bertz CT molecular complexity index is 623. The number of aliphatic hydroxyl groups excluding tert-OH is 1. The number of hydrogen-bond donors (Lipinski definition) is 2. The van der Waals surface area contributed by atoms with E-state index < -0.39 is 6.10 Å². The summed E-state index contributed by atoms with van der Waals surface area (Å²) in [6.45, 7) is 3.60. The molecule has 2 N–H and O–H groups in total. The molecule has 0 aliphatic carbocycles. The Balaban J connectivity index is 1.91. The molecule has 2 aromatic rings. The maximum Gasteiger partial charge on any atom is 0.262 e.